The second-order valence-corrected chi connectivity index (χ2v) is 11.9. The van der Waals surface area contributed by atoms with E-state index < -0.39 is 10.0 Å². The summed E-state index contributed by atoms with van der Waals surface area (Å²) in [6.45, 7) is 4.87. The van der Waals surface area contributed by atoms with Gasteiger partial charge in [-0.05, 0) is 68.7 Å². The molecule has 0 spiro atoms. The SMILES string of the molecule is Cc1ccc([C@@H](C)NC(=O)C2CCC(CN(Cc3ccccc3)S(=O)(=O)c3ccccc3)CC2)cc1. The van der Waals surface area contributed by atoms with Crippen LogP contribution in [-0.2, 0) is 21.4 Å². The minimum absolute atomic E-state index is 0.0255. The highest BCUT2D eigenvalue weighted by molar-refractivity contribution is 7.89. The van der Waals surface area contributed by atoms with Crippen LogP contribution in [0.3, 0.4) is 0 Å². The van der Waals surface area contributed by atoms with Gasteiger partial charge in [-0.2, -0.15) is 4.31 Å². The number of carbonyl (C=O) groups excluding carboxylic acids is 1. The third-order valence-corrected chi connectivity index (χ3v) is 9.02. The van der Waals surface area contributed by atoms with Crippen molar-refractivity contribution < 1.29 is 13.2 Å². The molecule has 0 unspecified atom stereocenters. The Morgan fingerprint density at radius 1 is 0.889 bits per heavy atom. The van der Waals surface area contributed by atoms with Gasteiger partial charge < -0.3 is 5.32 Å². The van der Waals surface area contributed by atoms with Gasteiger partial charge in [0.15, 0.2) is 0 Å². The Kier molecular flexibility index (Phi) is 8.60. The Morgan fingerprint density at radius 2 is 1.47 bits per heavy atom. The molecule has 0 saturated heterocycles. The molecule has 0 heterocycles. The molecule has 1 aliphatic rings. The quantitative estimate of drug-likeness (QED) is 0.396. The summed E-state index contributed by atoms with van der Waals surface area (Å²) in [4.78, 5) is 13.3. The van der Waals surface area contributed by atoms with Crippen molar-refractivity contribution in [2.45, 2.75) is 57.0 Å². The van der Waals surface area contributed by atoms with Crippen LogP contribution in [0.2, 0.25) is 0 Å². The maximum Gasteiger partial charge on any atom is 0.243 e. The van der Waals surface area contributed by atoms with Crippen molar-refractivity contribution in [2.24, 2.45) is 11.8 Å². The summed E-state index contributed by atoms with van der Waals surface area (Å²) in [5, 5.41) is 3.17. The lowest BCUT2D eigenvalue weighted by Crippen LogP contribution is -2.38. The van der Waals surface area contributed by atoms with E-state index in [4.69, 9.17) is 0 Å². The molecule has 0 aromatic heterocycles. The van der Waals surface area contributed by atoms with E-state index in [-0.39, 0.29) is 23.8 Å². The molecule has 0 radical (unpaired) electrons. The lowest BCUT2D eigenvalue weighted by atomic mass is 9.81. The molecule has 0 bridgehead atoms. The minimum Gasteiger partial charge on any atom is -0.349 e. The van der Waals surface area contributed by atoms with E-state index in [1.54, 1.807) is 28.6 Å². The number of nitrogens with zero attached hydrogens (tertiary/aromatic N) is 1. The average molecular weight is 505 g/mol. The largest absolute Gasteiger partial charge is 0.349 e. The topological polar surface area (TPSA) is 66.5 Å². The van der Waals surface area contributed by atoms with Crippen LogP contribution in [0, 0.1) is 18.8 Å². The van der Waals surface area contributed by atoms with Crippen LogP contribution in [0.1, 0.15) is 55.3 Å². The smallest absolute Gasteiger partial charge is 0.243 e. The first-order valence-electron chi connectivity index (χ1n) is 12.8. The van der Waals surface area contributed by atoms with Gasteiger partial charge in [0, 0.05) is 19.0 Å². The van der Waals surface area contributed by atoms with Crippen LogP contribution in [-0.4, -0.2) is 25.2 Å². The van der Waals surface area contributed by atoms with E-state index in [0.717, 1.165) is 36.8 Å². The Labute approximate surface area is 215 Å². The molecule has 1 N–H and O–H groups in total. The molecular formula is C30H36N2O3S. The van der Waals surface area contributed by atoms with Crippen LogP contribution < -0.4 is 5.32 Å². The van der Waals surface area contributed by atoms with Gasteiger partial charge in [0.05, 0.1) is 10.9 Å². The van der Waals surface area contributed by atoms with Crippen molar-refractivity contribution in [1.82, 2.24) is 9.62 Å². The van der Waals surface area contributed by atoms with Crippen molar-refractivity contribution in [1.29, 1.82) is 0 Å². The molecule has 1 fully saturated rings. The molecule has 6 heteroatoms. The third kappa shape index (κ3) is 6.62. The maximum atomic E-state index is 13.5. The number of carbonyl (C=O) groups is 1. The summed E-state index contributed by atoms with van der Waals surface area (Å²) in [5.41, 5.74) is 3.27. The lowest BCUT2D eigenvalue weighted by molar-refractivity contribution is -0.126. The van der Waals surface area contributed by atoms with Crippen LogP contribution in [0.4, 0.5) is 0 Å². The number of rotatable bonds is 9. The van der Waals surface area contributed by atoms with E-state index in [1.807, 2.05) is 43.3 Å². The predicted molar refractivity (Wildman–Crippen MR) is 144 cm³/mol. The highest BCUT2D eigenvalue weighted by atomic mass is 32.2. The van der Waals surface area contributed by atoms with Gasteiger partial charge in [0.1, 0.15) is 0 Å². The fourth-order valence-electron chi connectivity index (χ4n) is 4.94. The minimum atomic E-state index is -3.62. The highest BCUT2D eigenvalue weighted by Gasteiger charge is 2.32. The molecule has 5 nitrogen and oxygen atoms in total. The first kappa shape index (κ1) is 26.1. The molecule has 4 rings (SSSR count). The fraction of sp³-hybridized carbons (Fsp3) is 0.367. The molecule has 3 aromatic rings. The fourth-order valence-corrected chi connectivity index (χ4v) is 6.47. The zero-order chi connectivity index (χ0) is 25.5. The van der Waals surface area contributed by atoms with Gasteiger partial charge in [0.2, 0.25) is 15.9 Å². The van der Waals surface area contributed by atoms with Crippen molar-refractivity contribution in [3.8, 4) is 0 Å². The second kappa shape index (κ2) is 11.8. The molecule has 1 amide bonds. The first-order valence-corrected chi connectivity index (χ1v) is 14.2. The molecule has 0 aliphatic heterocycles. The summed E-state index contributed by atoms with van der Waals surface area (Å²) in [6.07, 6.45) is 3.24. The number of amides is 1. The molecule has 1 saturated carbocycles. The Morgan fingerprint density at radius 3 is 2.08 bits per heavy atom. The summed E-state index contributed by atoms with van der Waals surface area (Å²) >= 11 is 0. The Bertz CT molecular complexity index is 1220. The van der Waals surface area contributed by atoms with Gasteiger partial charge >= 0.3 is 0 Å². The molecule has 1 aliphatic carbocycles. The van der Waals surface area contributed by atoms with Crippen molar-refractivity contribution >= 4 is 15.9 Å². The first-order chi connectivity index (χ1) is 17.3. The maximum absolute atomic E-state index is 13.5. The Balaban J connectivity index is 1.38. The lowest BCUT2D eigenvalue weighted by Gasteiger charge is -2.32. The number of hydrogen-bond donors (Lipinski definition) is 1. The number of nitrogens with one attached hydrogen (secondary N) is 1. The van der Waals surface area contributed by atoms with E-state index in [9.17, 15) is 13.2 Å². The number of sulfonamides is 1. The van der Waals surface area contributed by atoms with Crippen LogP contribution >= 0.6 is 0 Å². The normalized spacial score (nSPS) is 19.1. The van der Waals surface area contributed by atoms with Gasteiger partial charge in [-0.15, -0.1) is 0 Å². The van der Waals surface area contributed by atoms with E-state index in [1.165, 1.54) is 5.56 Å². The van der Waals surface area contributed by atoms with E-state index in [0.29, 0.717) is 18.0 Å². The van der Waals surface area contributed by atoms with Crippen molar-refractivity contribution in [2.75, 3.05) is 6.54 Å². The standard InChI is InChI=1S/C30H36N2O3S/c1-23-13-17-27(18-14-23)24(2)31-30(33)28-19-15-26(16-20-28)22-32(21-25-9-5-3-6-10-25)36(34,35)29-11-7-4-8-12-29/h3-14,17-18,24,26,28H,15-16,19-22H2,1-2H3,(H,31,33)/t24-,26?,28?/m1/s1. The molecule has 1 atom stereocenters. The van der Waals surface area contributed by atoms with Crippen LogP contribution in [0.5, 0.6) is 0 Å². The Hall–Kier alpha value is -2.96. The van der Waals surface area contributed by atoms with Crippen LogP contribution in [0.15, 0.2) is 89.8 Å². The number of aryl methyl sites for hydroxylation is 1. The zero-order valence-corrected chi connectivity index (χ0v) is 22.0. The van der Waals surface area contributed by atoms with E-state index in [2.05, 4.69) is 36.5 Å². The molecule has 190 valence electrons. The van der Waals surface area contributed by atoms with Gasteiger partial charge in [0.25, 0.3) is 0 Å². The zero-order valence-electron chi connectivity index (χ0n) is 21.1. The van der Waals surface area contributed by atoms with Gasteiger partial charge in [-0.3, -0.25) is 4.79 Å². The summed E-state index contributed by atoms with van der Waals surface area (Å²) < 4.78 is 28.7. The monoisotopic (exact) mass is 504 g/mol. The molecule has 3 aromatic carbocycles. The van der Waals surface area contributed by atoms with E-state index >= 15 is 0 Å². The van der Waals surface area contributed by atoms with Crippen molar-refractivity contribution in [3.63, 3.8) is 0 Å². The predicted octanol–water partition coefficient (Wildman–Crippen LogP) is 5.87. The summed E-state index contributed by atoms with van der Waals surface area (Å²) in [6, 6.07) is 26.6. The number of benzene rings is 3. The van der Waals surface area contributed by atoms with Crippen LogP contribution in [0.25, 0.3) is 0 Å². The molecular weight excluding hydrogens is 468 g/mol. The second-order valence-electron chi connectivity index (χ2n) is 9.95. The van der Waals surface area contributed by atoms with Gasteiger partial charge in [-0.1, -0.05) is 78.4 Å². The number of hydrogen-bond acceptors (Lipinski definition) is 3. The van der Waals surface area contributed by atoms with Crippen molar-refractivity contribution in [3.05, 3.63) is 102 Å². The molecule has 36 heavy (non-hydrogen) atoms. The van der Waals surface area contributed by atoms with Gasteiger partial charge in [-0.25, -0.2) is 8.42 Å². The average Bonchev–Trinajstić information content (AvgIpc) is 2.90. The third-order valence-electron chi connectivity index (χ3n) is 7.20. The summed E-state index contributed by atoms with van der Waals surface area (Å²) in [5.74, 6) is 0.299. The summed E-state index contributed by atoms with van der Waals surface area (Å²) in [7, 11) is -3.62. The highest BCUT2D eigenvalue weighted by Crippen LogP contribution is 2.32.